The van der Waals surface area contributed by atoms with E-state index in [-0.39, 0.29) is 11.6 Å². The summed E-state index contributed by atoms with van der Waals surface area (Å²) < 4.78 is 5.40. The van der Waals surface area contributed by atoms with Crippen LogP contribution in [0.1, 0.15) is 51.1 Å². The molecule has 0 saturated heterocycles. The molecule has 0 aliphatic rings. The SMILES string of the molecule is COC(C)(C)CCCCC(N)c1ccccc1. The topological polar surface area (TPSA) is 35.2 Å². The molecule has 0 aliphatic heterocycles. The zero-order valence-corrected chi connectivity index (χ0v) is 11.3. The van der Waals surface area contributed by atoms with Crippen LogP contribution in [-0.2, 0) is 4.74 Å². The summed E-state index contributed by atoms with van der Waals surface area (Å²) in [6, 6.07) is 10.5. The molecule has 0 radical (unpaired) electrons. The third-order valence-corrected chi connectivity index (χ3v) is 3.32. The average Bonchev–Trinajstić information content (AvgIpc) is 2.35. The van der Waals surface area contributed by atoms with Crippen molar-refractivity contribution in [1.82, 2.24) is 0 Å². The molecule has 2 N–H and O–H groups in total. The van der Waals surface area contributed by atoms with Crippen LogP contribution >= 0.6 is 0 Å². The Morgan fingerprint density at radius 3 is 2.41 bits per heavy atom. The summed E-state index contributed by atoms with van der Waals surface area (Å²) in [6.07, 6.45) is 4.46. The zero-order valence-electron chi connectivity index (χ0n) is 11.3. The molecule has 0 fully saturated rings. The second-order valence-corrected chi connectivity index (χ2v) is 5.23. The van der Waals surface area contributed by atoms with E-state index >= 15 is 0 Å². The molecule has 0 saturated carbocycles. The number of methoxy groups -OCH3 is 1. The normalized spacial score (nSPS) is 13.6. The Morgan fingerprint density at radius 1 is 1.18 bits per heavy atom. The van der Waals surface area contributed by atoms with Crippen molar-refractivity contribution in [2.24, 2.45) is 5.73 Å². The third-order valence-electron chi connectivity index (χ3n) is 3.32. The van der Waals surface area contributed by atoms with Gasteiger partial charge in [0.25, 0.3) is 0 Å². The summed E-state index contributed by atoms with van der Waals surface area (Å²) in [5, 5.41) is 0. The first kappa shape index (κ1) is 14.2. The van der Waals surface area contributed by atoms with Crippen molar-refractivity contribution in [3.8, 4) is 0 Å². The molecule has 2 heteroatoms. The van der Waals surface area contributed by atoms with Gasteiger partial charge < -0.3 is 10.5 Å². The molecule has 17 heavy (non-hydrogen) atoms. The predicted molar refractivity (Wildman–Crippen MR) is 72.9 cm³/mol. The predicted octanol–water partition coefficient (Wildman–Crippen LogP) is 3.67. The molecule has 1 unspecified atom stereocenters. The molecule has 2 nitrogen and oxygen atoms in total. The van der Waals surface area contributed by atoms with E-state index in [1.165, 1.54) is 12.0 Å². The minimum absolute atomic E-state index is 0.00313. The highest BCUT2D eigenvalue weighted by molar-refractivity contribution is 5.18. The van der Waals surface area contributed by atoms with E-state index in [0.717, 1.165) is 19.3 Å². The van der Waals surface area contributed by atoms with Gasteiger partial charge in [0.1, 0.15) is 0 Å². The van der Waals surface area contributed by atoms with Gasteiger partial charge in [0, 0.05) is 13.2 Å². The standard InChI is InChI=1S/C15H25NO/c1-15(2,17-3)12-8-7-11-14(16)13-9-5-4-6-10-13/h4-6,9-10,14H,7-8,11-12,16H2,1-3H3. The molecular weight excluding hydrogens is 210 g/mol. The Hall–Kier alpha value is -0.860. The number of rotatable bonds is 7. The first-order valence-corrected chi connectivity index (χ1v) is 6.41. The fourth-order valence-corrected chi connectivity index (χ4v) is 1.88. The van der Waals surface area contributed by atoms with Gasteiger partial charge in [0.2, 0.25) is 0 Å². The van der Waals surface area contributed by atoms with Crippen LogP contribution < -0.4 is 5.73 Å². The second kappa shape index (κ2) is 6.77. The number of ether oxygens (including phenoxy) is 1. The van der Waals surface area contributed by atoms with Gasteiger partial charge in [0.15, 0.2) is 0 Å². The first-order valence-electron chi connectivity index (χ1n) is 6.41. The Kier molecular flexibility index (Phi) is 5.66. The summed E-state index contributed by atoms with van der Waals surface area (Å²) >= 11 is 0. The quantitative estimate of drug-likeness (QED) is 0.732. The van der Waals surface area contributed by atoms with Crippen LogP contribution in [0.5, 0.6) is 0 Å². The van der Waals surface area contributed by atoms with Crippen molar-refractivity contribution < 1.29 is 4.74 Å². The van der Waals surface area contributed by atoms with Crippen LogP contribution in [0.2, 0.25) is 0 Å². The van der Waals surface area contributed by atoms with Gasteiger partial charge in [-0.3, -0.25) is 0 Å². The average molecular weight is 235 g/mol. The maximum atomic E-state index is 6.15. The van der Waals surface area contributed by atoms with Crippen molar-refractivity contribution in [1.29, 1.82) is 0 Å². The molecule has 0 aliphatic carbocycles. The monoisotopic (exact) mass is 235 g/mol. The minimum Gasteiger partial charge on any atom is -0.379 e. The largest absolute Gasteiger partial charge is 0.379 e. The molecule has 1 aromatic carbocycles. The molecule has 0 spiro atoms. The highest BCUT2D eigenvalue weighted by Gasteiger charge is 2.15. The van der Waals surface area contributed by atoms with Crippen molar-refractivity contribution in [3.63, 3.8) is 0 Å². The molecular formula is C15H25NO. The van der Waals surface area contributed by atoms with Crippen molar-refractivity contribution >= 4 is 0 Å². The number of hydrogen-bond donors (Lipinski definition) is 1. The maximum absolute atomic E-state index is 6.15. The van der Waals surface area contributed by atoms with Crippen LogP contribution in [0.3, 0.4) is 0 Å². The van der Waals surface area contributed by atoms with E-state index in [1.807, 2.05) is 18.2 Å². The molecule has 1 aromatic rings. The van der Waals surface area contributed by atoms with Crippen LogP contribution in [0.4, 0.5) is 0 Å². The Labute approximate surface area is 105 Å². The van der Waals surface area contributed by atoms with Crippen molar-refractivity contribution in [3.05, 3.63) is 35.9 Å². The van der Waals surface area contributed by atoms with Gasteiger partial charge in [-0.1, -0.05) is 43.2 Å². The van der Waals surface area contributed by atoms with Gasteiger partial charge in [-0.2, -0.15) is 0 Å². The van der Waals surface area contributed by atoms with Crippen LogP contribution in [0, 0.1) is 0 Å². The molecule has 1 atom stereocenters. The fraction of sp³-hybridized carbons (Fsp3) is 0.600. The lowest BCUT2D eigenvalue weighted by Gasteiger charge is -2.22. The second-order valence-electron chi connectivity index (χ2n) is 5.23. The van der Waals surface area contributed by atoms with Crippen LogP contribution in [0.25, 0.3) is 0 Å². The molecule has 0 heterocycles. The lowest BCUT2D eigenvalue weighted by Crippen LogP contribution is -2.22. The number of benzene rings is 1. The van der Waals surface area contributed by atoms with Crippen molar-refractivity contribution in [2.45, 2.75) is 51.2 Å². The highest BCUT2D eigenvalue weighted by atomic mass is 16.5. The summed E-state index contributed by atoms with van der Waals surface area (Å²) in [6.45, 7) is 4.26. The smallest absolute Gasteiger partial charge is 0.0622 e. The number of nitrogens with two attached hydrogens (primary N) is 1. The van der Waals surface area contributed by atoms with E-state index in [1.54, 1.807) is 7.11 Å². The first-order chi connectivity index (χ1) is 8.05. The zero-order chi connectivity index (χ0) is 12.7. The highest BCUT2D eigenvalue weighted by Crippen LogP contribution is 2.21. The summed E-state index contributed by atoms with van der Waals surface area (Å²) in [7, 11) is 1.77. The van der Waals surface area contributed by atoms with E-state index in [9.17, 15) is 0 Å². The van der Waals surface area contributed by atoms with Crippen molar-refractivity contribution in [2.75, 3.05) is 7.11 Å². The third kappa shape index (κ3) is 5.33. The lowest BCUT2D eigenvalue weighted by atomic mass is 9.97. The van der Waals surface area contributed by atoms with E-state index in [4.69, 9.17) is 10.5 Å². The Morgan fingerprint density at radius 2 is 1.82 bits per heavy atom. The van der Waals surface area contributed by atoms with Crippen LogP contribution in [-0.4, -0.2) is 12.7 Å². The van der Waals surface area contributed by atoms with E-state index in [2.05, 4.69) is 26.0 Å². The fourth-order valence-electron chi connectivity index (χ4n) is 1.88. The minimum atomic E-state index is -0.00313. The Bertz CT molecular complexity index is 308. The summed E-state index contributed by atoms with van der Waals surface area (Å²) in [5.74, 6) is 0. The van der Waals surface area contributed by atoms with Gasteiger partial charge in [-0.25, -0.2) is 0 Å². The molecule has 0 bridgehead atoms. The molecule has 96 valence electrons. The van der Waals surface area contributed by atoms with Gasteiger partial charge in [0.05, 0.1) is 5.60 Å². The van der Waals surface area contributed by atoms with E-state index in [0.29, 0.717) is 0 Å². The van der Waals surface area contributed by atoms with Gasteiger partial charge in [-0.15, -0.1) is 0 Å². The summed E-state index contributed by atoms with van der Waals surface area (Å²) in [5.41, 5.74) is 7.38. The number of hydrogen-bond acceptors (Lipinski definition) is 2. The molecule has 0 amide bonds. The molecule has 0 aromatic heterocycles. The van der Waals surface area contributed by atoms with Gasteiger partial charge >= 0.3 is 0 Å². The van der Waals surface area contributed by atoms with E-state index < -0.39 is 0 Å². The Balaban J connectivity index is 2.24. The molecule has 1 rings (SSSR count). The lowest BCUT2D eigenvalue weighted by molar-refractivity contribution is 0.0133. The van der Waals surface area contributed by atoms with Gasteiger partial charge in [-0.05, 0) is 32.3 Å². The van der Waals surface area contributed by atoms with Crippen LogP contribution in [0.15, 0.2) is 30.3 Å². The summed E-state index contributed by atoms with van der Waals surface area (Å²) in [4.78, 5) is 0. The maximum Gasteiger partial charge on any atom is 0.0622 e. The number of unbranched alkanes of at least 4 members (excludes halogenated alkanes) is 1.